The molecule has 0 aliphatic carbocycles. The number of nitrogens with one attached hydrogen (secondary N) is 1. The number of halogens is 1. The lowest BCUT2D eigenvalue weighted by molar-refractivity contribution is 0.259. The molecule has 1 atom stereocenters. The number of imidazole rings is 1. The van der Waals surface area contributed by atoms with E-state index in [9.17, 15) is 0 Å². The molecule has 0 radical (unpaired) electrons. The van der Waals surface area contributed by atoms with Gasteiger partial charge in [0.1, 0.15) is 5.65 Å². The molecule has 0 bridgehead atoms. The number of pyridine rings is 1. The minimum atomic E-state index is 0. The summed E-state index contributed by atoms with van der Waals surface area (Å²) in [6.45, 7) is 7.08. The number of guanidine groups is 1. The first kappa shape index (κ1) is 19.2. The fourth-order valence-electron chi connectivity index (χ4n) is 3.81. The molecule has 1 unspecified atom stereocenters. The molecule has 1 fully saturated rings. The first-order valence-corrected chi connectivity index (χ1v) is 9.03. The van der Waals surface area contributed by atoms with Crippen molar-refractivity contribution in [3.8, 4) is 0 Å². The molecule has 0 saturated carbocycles. The quantitative estimate of drug-likeness (QED) is 0.327. The molecule has 2 aliphatic heterocycles. The van der Waals surface area contributed by atoms with Gasteiger partial charge >= 0.3 is 0 Å². The molecule has 4 rings (SSSR count). The molecule has 140 valence electrons. The van der Waals surface area contributed by atoms with Crippen LogP contribution >= 0.6 is 24.0 Å². The van der Waals surface area contributed by atoms with Gasteiger partial charge in [-0.2, -0.15) is 0 Å². The summed E-state index contributed by atoms with van der Waals surface area (Å²) in [5, 5.41) is 3.49. The second-order valence-corrected chi connectivity index (χ2v) is 6.84. The highest BCUT2D eigenvalue weighted by atomic mass is 127. The van der Waals surface area contributed by atoms with Gasteiger partial charge in [0, 0.05) is 51.2 Å². The lowest BCUT2D eigenvalue weighted by Crippen LogP contribution is -2.42. The van der Waals surface area contributed by atoms with Gasteiger partial charge in [-0.3, -0.25) is 9.89 Å². The summed E-state index contributed by atoms with van der Waals surface area (Å²) < 4.78 is 2.13. The van der Waals surface area contributed by atoms with Crippen molar-refractivity contribution in [1.29, 1.82) is 0 Å². The first-order chi connectivity index (χ1) is 12.2. The first-order valence-electron chi connectivity index (χ1n) is 9.03. The van der Waals surface area contributed by atoms with Crippen molar-refractivity contribution in [2.75, 3.05) is 33.2 Å². The fourth-order valence-corrected chi connectivity index (χ4v) is 3.81. The molecule has 26 heavy (non-hydrogen) atoms. The average Bonchev–Trinajstić information content (AvgIpc) is 3.36. The van der Waals surface area contributed by atoms with Crippen LogP contribution in [0.2, 0.25) is 0 Å². The lowest BCUT2D eigenvalue weighted by atomic mass is 10.2. The Labute approximate surface area is 172 Å². The number of fused-ring (bicyclic) bond motifs is 1. The van der Waals surface area contributed by atoms with Crippen LogP contribution in [0.5, 0.6) is 0 Å². The zero-order chi connectivity index (χ0) is 17.2. The highest BCUT2D eigenvalue weighted by Crippen LogP contribution is 2.18. The molecule has 0 amide bonds. The maximum atomic E-state index is 4.69. The number of aryl methyl sites for hydroxylation is 1. The molecule has 1 saturated heterocycles. The summed E-state index contributed by atoms with van der Waals surface area (Å²) in [6.07, 6.45) is 7.84. The minimum absolute atomic E-state index is 0. The van der Waals surface area contributed by atoms with E-state index in [1.54, 1.807) is 0 Å². The SMILES string of the molecule is CN=C(NCc1cn2c(C)cccc2n1)N1CCC(N2CC=CC2)C1.I. The van der Waals surface area contributed by atoms with Crippen molar-refractivity contribution >= 4 is 35.6 Å². The summed E-state index contributed by atoms with van der Waals surface area (Å²) in [4.78, 5) is 14.1. The van der Waals surface area contributed by atoms with Gasteiger partial charge in [0.15, 0.2) is 5.96 Å². The maximum absolute atomic E-state index is 4.69. The topological polar surface area (TPSA) is 48.2 Å². The Balaban J connectivity index is 0.00000196. The van der Waals surface area contributed by atoms with Crippen molar-refractivity contribution < 1.29 is 0 Å². The Bertz CT molecular complexity index is 803. The molecule has 2 aromatic rings. The predicted molar refractivity (Wildman–Crippen MR) is 116 cm³/mol. The highest BCUT2D eigenvalue weighted by Gasteiger charge is 2.29. The van der Waals surface area contributed by atoms with Crippen LogP contribution < -0.4 is 5.32 Å². The predicted octanol–water partition coefficient (Wildman–Crippen LogP) is 2.28. The molecule has 2 aliphatic rings. The van der Waals surface area contributed by atoms with E-state index in [0.717, 1.165) is 43.5 Å². The fraction of sp³-hybridized carbons (Fsp3) is 0.474. The minimum Gasteiger partial charge on any atom is -0.351 e. The third-order valence-electron chi connectivity index (χ3n) is 5.21. The third-order valence-corrected chi connectivity index (χ3v) is 5.21. The second kappa shape index (κ2) is 8.39. The number of hydrogen-bond donors (Lipinski definition) is 1. The molecule has 2 aromatic heterocycles. The van der Waals surface area contributed by atoms with Crippen LogP contribution in [0.4, 0.5) is 0 Å². The average molecular weight is 466 g/mol. The van der Waals surface area contributed by atoms with Crippen LogP contribution in [0.25, 0.3) is 5.65 Å². The largest absolute Gasteiger partial charge is 0.351 e. The van der Waals surface area contributed by atoms with Gasteiger partial charge < -0.3 is 14.6 Å². The standard InChI is InChI=1S/C19H26N6.HI/c1-15-6-5-7-18-22-16(13-25(15)18)12-21-19(20-2)24-11-8-17(14-24)23-9-3-4-10-23;/h3-7,13,17H,8-12,14H2,1-2H3,(H,20,21);1H. The van der Waals surface area contributed by atoms with Crippen LogP contribution in [0.3, 0.4) is 0 Å². The van der Waals surface area contributed by atoms with E-state index in [-0.39, 0.29) is 24.0 Å². The lowest BCUT2D eigenvalue weighted by Gasteiger charge is -2.25. The summed E-state index contributed by atoms with van der Waals surface area (Å²) in [5.41, 5.74) is 3.23. The van der Waals surface area contributed by atoms with Gasteiger partial charge in [-0.15, -0.1) is 24.0 Å². The Morgan fingerprint density at radius 2 is 2.12 bits per heavy atom. The monoisotopic (exact) mass is 466 g/mol. The van der Waals surface area contributed by atoms with Gasteiger partial charge in [-0.05, 0) is 25.5 Å². The van der Waals surface area contributed by atoms with E-state index in [2.05, 4.69) is 55.8 Å². The van der Waals surface area contributed by atoms with Crippen molar-refractivity contribution in [2.45, 2.75) is 25.9 Å². The van der Waals surface area contributed by atoms with E-state index in [0.29, 0.717) is 12.6 Å². The van der Waals surface area contributed by atoms with Crippen LogP contribution in [0, 0.1) is 6.92 Å². The number of rotatable bonds is 3. The number of likely N-dealkylation sites (tertiary alicyclic amines) is 1. The Morgan fingerprint density at radius 1 is 1.31 bits per heavy atom. The molecule has 7 heteroatoms. The van der Waals surface area contributed by atoms with Crippen LogP contribution in [-0.4, -0.2) is 64.4 Å². The van der Waals surface area contributed by atoms with Gasteiger partial charge in [0.05, 0.1) is 12.2 Å². The van der Waals surface area contributed by atoms with E-state index in [1.807, 2.05) is 19.2 Å². The van der Waals surface area contributed by atoms with Crippen LogP contribution in [0.15, 0.2) is 41.5 Å². The number of aromatic nitrogens is 2. The van der Waals surface area contributed by atoms with Gasteiger partial charge in [0.25, 0.3) is 0 Å². The molecular formula is C19H27IN6. The van der Waals surface area contributed by atoms with Gasteiger partial charge in [0.2, 0.25) is 0 Å². The second-order valence-electron chi connectivity index (χ2n) is 6.84. The van der Waals surface area contributed by atoms with Crippen LogP contribution in [0.1, 0.15) is 17.8 Å². The molecule has 0 spiro atoms. The Kier molecular flexibility index (Phi) is 6.18. The number of nitrogens with zero attached hydrogens (tertiary/aromatic N) is 5. The summed E-state index contributed by atoms with van der Waals surface area (Å²) in [5.74, 6) is 0.975. The molecule has 4 heterocycles. The van der Waals surface area contributed by atoms with E-state index >= 15 is 0 Å². The van der Waals surface area contributed by atoms with Gasteiger partial charge in [-0.1, -0.05) is 18.2 Å². The summed E-state index contributed by atoms with van der Waals surface area (Å²) in [6, 6.07) is 6.82. The molecular weight excluding hydrogens is 439 g/mol. The normalized spacial score (nSPS) is 20.8. The molecule has 6 nitrogen and oxygen atoms in total. The Morgan fingerprint density at radius 3 is 2.85 bits per heavy atom. The van der Waals surface area contributed by atoms with E-state index < -0.39 is 0 Å². The van der Waals surface area contributed by atoms with Crippen LogP contribution in [-0.2, 0) is 6.54 Å². The van der Waals surface area contributed by atoms with Crippen molar-refractivity contribution in [3.63, 3.8) is 0 Å². The van der Waals surface area contributed by atoms with Gasteiger partial charge in [-0.25, -0.2) is 4.98 Å². The van der Waals surface area contributed by atoms with E-state index in [4.69, 9.17) is 4.98 Å². The zero-order valence-corrected chi connectivity index (χ0v) is 17.8. The van der Waals surface area contributed by atoms with Crippen molar-refractivity contribution in [2.24, 2.45) is 4.99 Å². The summed E-state index contributed by atoms with van der Waals surface area (Å²) in [7, 11) is 1.86. The Hall–Kier alpha value is -1.61. The molecule has 1 N–H and O–H groups in total. The summed E-state index contributed by atoms with van der Waals surface area (Å²) >= 11 is 0. The smallest absolute Gasteiger partial charge is 0.194 e. The van der Waals surface area contributed by atoms with Crippen molar-refractivity contribution in [3.05, 3.63) is 47.9 Å². The zero-order valence-electron chi connectivity index (χ0n) is 15.4. The highest BCUT2D eigenvalue weighted by molar-refractivity contribution is 14.0. The third kappa shape index (κ3) is 3.88. The molecule has 0 aromatic carbocycles. The maximum Gasteiger partial charge on any atom is 0.194 e. The van der Waals surface area contributed by atoms with E-state index in [1.165, 1.54) is 12.1 Å². The number of hydrogen-bond acceptors (Lipinski definition) is 3. The van der Waals surface area contributed by atoms with Crippen molar-refractivity contribution in [1.82, 2.24) is 24.5 Å². The number of aliphatic imine (C=N–C) groups is 1.